The summed E-state index contributed by atoms with van der Waals surface area (Å²) < 4.78 is 11.5. The second-order valence-corrected chi connectivity index (χ2v) is 6.36. The maximum absolute atomic E-state index is 6.08. The van der Waals surface area contributed by atoms with Gasteiger partial charge in [0.25, 0.3) is 0 Å². The molecule has 3 heteroatoms. The summed E-state index contributed by atoms with van der Waals surface area (Å²) in [7, 11) is 0. The first-order valence-corrected chi connectivity index (χ1v) is 7.62. The molecule has 0 fully saturated rings. The van der Waals surface area contributed by atoms with Crippen molar-refractivity contribution in [2.45, 2.75) is 51.3 Å². The topological polar surface area (TPSA) is 34.4 Å². The van der Waals surface area contributed by atoms with Crippen LogP contribution < -0.4 is 10.1 Å². The Morgan fingerprint density at radius 2 is 2.00 bits per heavy atom. The summed E-state index contributed by atoms with van der Waals surface area (Å²) in [4.78, 5) is 0. The summed E-state index contributed by atoms with van der Waals surface area (Å²) in [6, 6.07) is 12.9. The Labute approximate surface area is 126 Å². The number of para-hydroxylation sites is 1. The van der Waals surface area contributed by atoms with E-state index in [9.17, 15) is 0 Å². The van der Waals surface area contributed by atoms with E-state index in [1.807, 2.05) is 24.3 Å². The van der Waals surface area contributed by atoms with Crippen LogP contribution >= 0.6 is 0 Å². The van der Waals surface area contributed by atoms with Crippen molar-refractivity contribution in [1.82, 2.24) is 5.32 Å². The van der Waals surface area contributed by atoms with Gasteiger partial charge in [-0.05, 0) is 45.4 Å². The molecule has 2 aromatic rings. The van der Waals surface area contributed by atoms with E-state index in [1.54, 1.807) is 6.26 Å². The predicted molar refractivity (Wildman–Crippen MR) is 83.5 cm³/mol. The molecule has 0 aliphatic carbocycles. The van der Waals surface area contributed by atoms with E-state index in [-0.39, 0.29) is 11.6 Å². The molecular weight excluding hydrogens is 262 g/mol. The van der Waals surface area contributed by atoms with Gasteiger partial charge in [-0.3, -0.25) is 0 Å². The largest absolute Gasteiger partial charge is 0.486 e. The normalized spacial score (nSPS) is 20.8. The first-order valence-electron chi connectivity index (χ1n) is 7.62. The van der Waals surface area contributed by atoms with Crippen molar-refractivity contribution >= 4 is 0 Å². The van der Waals surface area contributed by atoms with E-state index < -0.39 is 0 Å². The van der Waals surface area contributed by atoms with Gasteiger partial charge >= 0.3 is 0 Å². The Morgan fingerprint density at radius 3 is 2.76 bits per heavy atom. The molecule has 0 amide bonds. The lowest BCUT2D eigenvalue weighted by atomic mass is 9.93. The van der Waals surface area contributed by atoms with Gasteiger partial charge in [-0.15, -0.1) is 0 Å². The third-order valence-electron chi connectivity index (χ3n) is 4.15. The molecular formula is C18H23NO2. The van der Waals surface area contributed by atoms with Crippen LogP contribution in [-0.2, 0) is 6.42 Å². The Hall–Kier alpha value is -1.74. The summed E-state index contributed by atoms with van der Waals surface area (Å²) in [5.74, 6) is 2.05. The predicted octanol–water partition coefficient (Wildman–Crippen LogP) is 4.10. The Morgan fingerprint density at radius 1 is 1.19 bits per heavy atom. The maximum atomic E-state index is 6.08. The van der Waals surface area contributed by atoms with E-state index in [4.69, 9.17) is 9.15 Å². The molecule has 21 heavy (non-hydrogen) atoms. The average Bonchev–Trinajstić information content (AvgIpc) is 3.03. The lowest BCUT2D eigenvalue weighted by Gasteiger charge is -2.30. The van der Waals surface area contributed by atoms with Crippen LogP contribution in [0.2, 0.25) is 0 Å². The van der Waals surface area contributed by atoms with Crippen molar-refractivity contribution in [2.75, 3.05) is 0 Å². The van der Waals surface area contributed by atoms with Gasteiger partial charge < -0.3 is 14.5 Å². The minimum atomic E-state index is -0.220. The molecule has 1 aliphatic rings. The minimum Gasteiger partial charge on any atom is -0.486 e. The molecule has 2 atom stereocenters. The summed E-state index contributed by atoms with van der Waals surface area (Å²) in [5, 5.41) is 3.72. The average molecular weight is 285 g/mol. The van der Waals surface area contributed by atoms with E-state index in [0.717, 1.165) is 24.4 Å². The van der Waals surface area contributed by atoms with Crippen molar-refractivity contribution in [3.8, 4) is 5.75 Å². The molecule has 2 unspecified atom stereocenters. The van der Waals surface area contributed by atoms with E-state index in [1.165, 1.54) is 5.56 Å². The quantitative estimate of drug-likeness (QED) is 0.898. The van der Waals surface area contributed by atoms with Gasteiger partial charge in [-0.2, -0.15) is 0 Å². The summed E-state index contributed by atoms with van der Waals surface area (Å²) in [6.45, 7) is 6.51. The molecule has 0 spiro atoms. The second kappa shape index (κ2) is 5.57. The molecule has 1 aromatic carbocycles. The molecule has 1 aromatic heterocycles. The number of nitrogens with one attached hydrogen (secondary N) is 1. The number of hydrogen-bond acceptors (Lipinski definition) is 3. The van der Waals surface area contributed by atoms with Crippen molar-refractivity contribution in [2.24, 2.45) is 0 Å². The lowest BCUT2D eigenvalue weighted by Crippen LogP contribution is -2.42. The number of rotatable bonds is 5. The van der Waals surface area contributed by atoms with Gasteiger partial charge in [0.1, 0.15) is 17.1 Å². The van der Waals surface area contributed by atoms with Crippen LogP contribution in [0.4, 0.5) is 0 Å². The second-order valence-electron chi connectivity index (χ2n) is 6.36. The minimum absolute atomic E-state index is 0.220. The van der Waals surface area contributed by atoms with Gasteiger partial charge in [0, 0.05) is 18.0 Å². The van der Waals surface area contributed by atoms with E-state index >= 15 is 0 Å². The van der Waals surface area contributed by atoms with Crippen molar-refractivity contribution in [3.05, 3.63) is 54.0 Å². The van der Waals surface area contributed by atoms with E-state index in [0.29, 0.717) is 6.04 Å². The molecule has 112 valence electrons. The molecule has 3 nitrogen and oxygen atoms in total. The Balaban J connectivity index is 1.66. The molecule has 2 heterocycles. The highest BCUT2D eigenvalue weighted by molar-refractivity contribution is 5.42. The van der Waals surface area contributed by atoms with Crippen LogP contribution in [0.5, 0.6) is 5.75 Å². The third kappa shape index (κ3) is 2.98. The Kier molecular flexibility index (Phi) is 3.77. The molecule has 0 radical (unpaired) electrons. The van der Waals surface area contributed by atoms with Crippen LogP contribution in [0.3, 0.4) is 0 Å². The SMILES string of the molecule is CC(CCc1ccco1)NC1c2ccccc2OC1(C)C. The highest BCUT2D eigenvalue weighted by Crippen LogP contribution is 2.42. The Bertz CT molecular complexity index is 589. The van der Waals surface area contributed by atoms with E-state index in [2.05, 4.69) is 38.2 Å². The zero-order chi connectivity index (χ0) is 14.9. The van der Waals surface area contributed by atoms with Crippen LogP contribution in [-0.4, -0.2) is 11.6 Å². The fourth-order valence-corrected chi connectivity index (χ4v) is 3.00. The zero-order valence-corrected chi connectivity index (χ0v) is 12.9. The number of fused-ring (bicyclic) bond motifs is 1. The zero-order valence-electron chi connectivity index (χ0n) is 12.9. The number of ether oxygens (including phenoxy) is 1. The monoisotopic (exact) mass is 285 g/mol. The standard InChI is InChI=1S/C18H23NO2/c1-13(10-11-14-7-6-12-20-14)19-17-15-8-4-5-9-16(15)21-18(17,2)3/h4-9,12-13,17,19H,10-11H2,1-3H3. The van der Waals surface area contributed by atoms with Gasteiger partial charge in [0.05, 0.1) is 12.3 Å². The lowest BCUT2D eigenvalue weighted by molar-refractivity contribution is 0.0913. The fourth-order valence-electron chi connectivity index (χ4n) is 3.00. The van der Waals surface area contributed by atoms with Gasteiger partial charge in [-0.25, -0.2) is 0 Å². The summed E-state index contributed by atoms with van der Waals surface area (Å²) >= 11 is 0. The summed E-state index contributed by atoms with van der Waals surface area (Å²) in [5.41, 5.74) is 1.04. The first-order chi connectivity index (χ1) is 10.1. The molecule has 1 aliphatic heterocycles. The van der Waals surface area contributed by atoms with Crippen LogP contribution in [0.1, 0.15) is 44.6 Å². The molecule has 3 rings (SSSR count). The van der Waals surface area contributed by atoms with Crippen molar-refractivity contribution in [3.63, 3.8) is 0 Å². The highest BCUT2D eigenvalue weighted by Gasteiger charge is 2.41. The smallest absolute Gasteiger partial charge is 0.125 e. The van der Waals surface area contributed by atoms with Gasteiger partial charge in [0.15, 0.2) is 0 Å². The molecule has 0 bridgehead atoms. The van der Waals surface area contributed by atoms with Crippen molar-refractivity contribution < 1.29 is 9.15 Å². The fraction of sp³-hybridized carbons (Fsp3) is 0.444. The summed E-state index contributed by atoms with van der Waals surface area (Å²) in [6.07, 6.45) is 3.73. The van der Waals surface area contributed by atoms with Crippen LogP contribution in [0.15, 0.2) is 47.1 Å². The van der Waals surface area contributed by atoms with Crippen LogP contribution in [0.25, 0.3) is 0 Å². The number of hydrogen-bond donors (Lipinski definition) is 1. The first kappa shape index (κ1) is 14.2. The number of aryl methyl sites for hydroxylation is 1. The molecule has 1 N–H and O–H groups in total. The third-order valence-corrected chi connectivity index (χ3v) is 4.15. The molecule has 0 saturated heterocycles. The number of furan rings is 1. The maximum Gasteiger partial charge on any atom is 0.125 e. The van der Waals surface area contributed by atoms with Gasteiger partial charge in [0.2, 0.25) is 0 Å². The van der Waals surface area contributed by atoms with Crippen LogP contribution in [0, 0.1) is 0 Å². The number of benzene rings is 1. The van der Waals surface area contributed by atoms with Gasteiger partial charge in [-0.1, -0.05) is 18.2 Å². The molecule has 0 saturated carbocycles. The van der Waals surface area contributed by atoms with Crippen molar-refractivity contribution in [1.29, 1.82) is 0 Å². The highest BCUT2D eigenvalue weighted by atomic mass is 16.5.